The standard InChI is InChI=1S/C12H21N3O/c1-4-9(2)15(3)12-14-11(8-16-12)7-13-10-5-6-10/h8-10,13H,4-7H2,1-3H3. The molecule has 1 aromatic heterocycles. The van der Waals surface area contributed by atoms with Crippen LogP contribution in [0, 0.1) is 0 Å². The molecule has 0 aliphatic heterocycles. The number of hydrogen-bond donors (Lipinski definition) is 1. The van der Waals surface area contributed by atoms with E-state index in [1.807, 2.05) is 7.05 Å². The first-order chi connectivity index (χ1) is 7.70. The van der Waals surface area contributed by atoms with Gasteiger partial charge in [0, 0.05) is 25.7 Å². The Hall–Kier alpha value is -1.03. The van der Waals surface area contributed by atoms with Gasteiger partial charge in [-0.3, -0.25) is 0 Å². The Morgan fingerprint density at radius 2 is 2.38 bits per heavy atom. The van der Waals surface area contributed by atoms with Gasteiger partial charge in [0.1, 0.15) is 6.26 Å². The number of anilines is 1. The first-order valence-electron chi connectivity index (χ1n) is 6.11. The lowest BCUT2D eigenvalue weighted by Gasteiger charge is -2.21. The molecule has 0 aromatic carbocycles. The number of oxazole rings is 1. The summed E-state index contributed by atoms with van der Waals surface area (Å²) in [5.74, 6) is 0. The van der Waals surface area contributed by atoms with Gasteiger partial charge >= 0.3 is 0 Å². The lowest BCUT2D eigenvalue weighted by Crippen LogP contribution is -2.28. The summed E-state index contributed by atoms with van der Waals surface area (Å²) in [6.07, 6.45) is 5.45. The molecule has 1 aliphatic rings. The minimum atomic E-state index is 0.461. The second kappa shape index (κ2) is 4.87. The van der Waals surface area contributed by atoms with Gasteiger partial charge in [-0.05, 0) is 26.2 Å². The van der Waals surface area contributed by atoms with Crippen molar-refractivity contribution in [2.45, 2.75) is 51.7 Å². The molecule has 4 heteroatoms. The van der Waals surface area contributed by atoms with Crippen molar-refractivity contribution < 1.29 is 4.42 Å². The van der Waals surface area contributed by atoms with E-state index in [-0.39, 0.29) is 0 Å². The fourth-order valence-electron chi connectivity index (χ4n) is 1.54. The SMILES string of the molecule is CCC(C)N(C)c1nc(CNC2CC2)co1. The van der Waals surface area contributed by atoms with Crippen LogP contribution in [0.2, 0.25) is 0 Å². The molecule has 2 rings (SSSR count). The van der Waals surface area contributed by atoms with Crippen LogP contribution in [0.4, 0.5) is 6.01 Å². The van der Waals surface area contributed by atoms with Crippen LogP contribution in [-0.4, -0.2) is 24.1 Å². The van der Waals surface area contributed by atoms with Gasteiger partial charge in [0.2, 0.25) is 0 Å². The van der Waals surface area contributed by atoms with Crippen molar-refractivity contribution in [1.82, 2.24) is 10.3 Å². The van der Waals surface area contributed by atoms with E-state index in [9.17, 15) is 0 Å². The van der Waals surface area contributed by atoms with E-state index in [0.29, 0.717) is 12.1 Å². The Balaban J connectivity index is 1.89. The van der Waals surface area contributed by atoms with E-state index in [0.717, 1.165) is 24.7 Å². The van der Waals surface area contributed by atoms with Crippen LogP contribution in [0.3, 0.4) is 0 Å². The van der Waals surface area contributed by atoms with Gasteiger partial charge in [0.25, 0.3) is 6.01 Å². The summed E-state index contributed by atoms with van der Waals surface area (Å²) in [5.41, 5.74) is 0.997. The van der Waals surface area contributed by atoms with Crippen molar-refractivity contribution in [2.24, 2.45) is 0 Å². The van der Waals surface area contributed by atoms with E-state index in [4.69, 9.17) is 4.42 Å². The molecule has 1 aromatic rings. The van der Waals surface area contributed by atoms with Gasteiger partial charge in [-0.1, -0.05) is 6.92 Å². The number of nitrogens with zero attached hydrogens (tertiary/aromatic N) is 2. The second-order valence-corrected chi connectivity index (χ2v) is 4.64. The molecule has 1 saturated carbocycles. The third kappa shape index (κ3) is 2.76. The Bertz CT molecular complexity index is 333. The highest BCUT2D eigenvalue weighted by molar-refractivity contribution is 5.26. The molecule has 1 atom stereocenters. The normalized spacial score (nSPS) is 17.4. The van der Waals surface area contributed by atoms with E-state index < -0.39 is 0 Å². The van der Waals surface area contributed by atoms with Gasteiger partial charge in [0.05, 0.1) is 5.69 Å². The molecule has 4 nitrogen and oxygen atoms in total. The van der Waals surface area contributed by atoms with Crippen molar-refractivity contribution in [2.75, 3.05) is 11.9 Å². The van der Waals surface area contributed by atoms with E-state index in [1.165, 1.54) is 12.8 Å². The number of nitrogens with one attached hydrogen (secondary N) is 1. The molecule has 0 amide bonds. The predicted octanol–water partition coefficient (Wildman–Crippen LogP) is 2.16. The predicted molar refractivity (Wildman–Crippen MR) is 64.5 cm³/mol. The largest absolute Gasteiger partial charge is 0.432 e. The van der Waals surface area contributed by atoms with Crippen molar-refractivity contribution in [1.29, 1.82) is 0 Å². The molecule has 0 bridgehead atoms. The summed E-state index contributed by atoms with van der Waals surface area (Å²) in [6, 6.07) is 1.90. The molecule has 16 heavy (non-hydrogen) atoms. The quantitative estimate of drug-likeness (QED) is 0.802. The van der Waals surface area contributed by atoms with Crippen molar-refractivity contribution in [3.63, 3.8) is 0 Å². The lowest BCUT2D eigenvalue weighted by atomic mass is 10.2. The van der Waals surface area contributed by atoms with Crippen LogP contribution in [0.5, 0.6) is 0 Å². The zero-order valence-electron chi connectivity index (χ0n) is 10.4. The van der Waals surface area contributed by atoms with Gasteiger partial charge in [-0.2, -0.15) is 4.98 Å². The number of rotatable bonds is 6. The van der Waals surface area contributed by atoms with Gasteiger partial charge in [-0.25, -0.2) is 0 Å². The van der Waals surface area contributed by atoms with Gasteiger partial charge < -0.3 is 14.6 Å². The van der Waals surface area contributed by atoms with Crippen LogP contribution in [0.1, 0.15) is 38.8 Å². The van der Waals surface area contributed by atoms with Crippen LogP contribution >= 0.6 is 0 Å². The molecule has 0 saturated heterocycles. The minimum Gasteiger partial charge on any atom is -0.432 e. The summed E-state index contributed by atoms with van der Waals surface area (Å²) in [5, 5.41) is 3.43. The van der Waals surface area contributed by atoms with Crippen molar-refractivity contribution >= 4 is 6.01 Å². The highest BCUT2D eigenvalue weighted by Crippen LogP contribution is 2.20. The molecular formula is C12H21N3O. The highest BCUT2D eigenvalue weighted by Gasteiger charge is 2.21. The summed E-state index contributed by atoms with van der Waals surface area (Å²) in [7, 11) is 2.03. The highest BCUT2D eigenvalue weighted by atomic mass is 16.4. The fraction of sp³-hybridized carbons (Fsp3) is 0.750. The zero-order valence-corrected chi connectivity index (χ0v) is 10.4. The topological polar surface area (TPSA) is 41.3 Å². The maximum absolute atomic E-state index is 5.48. The molecule has 1 aliphatic carbocycles. The Morgan fingerprint density at radius 3 is 3.00 bits per heavy atom. The minimum absolute atomic E-state index is 0.461. The molecule has 1 heterocycles. The smallest absolute Gasteiger partial charge is 0.297 e. The molecule has 0 radical (unpaired) electrons. The summed E-state index contributed by atoms with van der Waals surface area (Å²) < 4.78 is 5.48. The first kappa shape index (κ1) is 11.5. The van der Waals surface area contributed by atoms with Gasteiger partial charge in [-0.15, -0.1) is 0 Å². The molecular weight excluding hydrogens is 202 g/mol. The number of hydrogen-bond acceptors (Lipinski definition) is 4. The third-order valence-corrected chi connectivity index (χ3v) is 3.24. The monoisotopic (exact) mass is 223 g/mol. The van der Waals surface area contributed by atoms with E-state index >= 15 is 0 Å². The second-order valence-electron chi connectivity index (χ2n) is 4.64. The molecule has 90 valence electrons. The Labute approximate surface area is 97.0 Å². The van der Waals surface area contributed by atoms with Gasteiger partial charge in [0.15, 0.2) is 0 Å². The van der Waals surface area contributed by atoms with Crippen LogP contribution in [0.25, 0.3) is 0 Å². The summed E-state index contributed by atoms with van der Waals surface area (Å²) in [6.45, 7) is 5.16. The van der Waals surface area contributed by atoms with Crippen molar-refractivity contribution in [3.05, 3.63) is 12.0 Å². The van der Waals surface area contributed by atoms with E-state index in [1.54, 1.807) is 6.26 Å². The molecule has 1 unspecified atom stereocenters. The Morgan fingerprint density at radius 1 is 1.62 bits per heavy atom. The zero-order chi connectivity index (χ0) is 11.5. The van der Waals surface area contributed by atoms with Crippen LogP contribution < -0.4 is 10.2 Å². The van der Waals surface area contributed by atoms with E-state index in [2.05, 4.69) is 29.0 Å². The van der Waals surface area contributed by atoms with Crippen LogP contribution in [-0.2, 0) is 6.54 Å². The summed E-state index contributed by atoms with van der Waals surface area (Å²) in [4.78, 5) is 6.56. The summed E-state index contributed by atoms with van der Waals surface area (Å²) >= 11 is 0. The maximum atomic E-state index is 5.48. The average molecular weight is 223 g/mol. The fourth-order valence-corrected chi connectivity index (χ4v) is 1.54. The Kier molecular flexibility index (Phi) is 3.49. The molecule has 1 N–H and O–H groups in total. The molecule has 1 fully saturated rings. The maximum Gasteiger partial charge on any atom is 0.297 e. The third-order valence-electron chi connectivity index (χ3n) is 3.24. The average Bonchev–Trinajstić information content (AvgIpc) is 3.02. The first-order valence-corrected chi connectivity index (χ1v) is 6.11. The lowest BCUT2D eigenvalue weighted by molar-refractivity contribution is 0.515. The number of aromatic nitrogens is 1. The van der Waals surface area contributed by atoms with Crippen molar-refractivity contribution in [3.8, 4) is 0 Å². The molecule has 0 spiro atoms. The van der Waals surface area contributed by atoms with Crippen LogP contribution in [0.15, 0.2) is 10.7 Å².